The number of rotatable bonds is 3. The average Bonchev–Trinajstić information content (AvgIpc) is 3.08. The summed E-state index contributed by atoms with van der Waals surface area (Å²) in [5.74, 6) is 0.404. The Kier molecular flexibility index (Phi) is 5.24. The number of hydrogen-bond donors (Lipinski definition) is 1. The van der Waals surface area contributed by atoms with Crippen molar-refractivity contribution in [3.8, 4) is 0 Å². The van der Waals surface area contributed by atoms with Gasteiger partial charge in [-0.1, -0.05) is 0 Å². The Morgan fingerprint density at radius 1 is 1.42 bits per heavy atom. The van der Waals surface area contributed by atoms with Crippen LogP contribution in [-0.2, 0) is 9.47 Å². The summed E-state index contributed by atoms with van der Waals surface area (Å²) in [5, 5.41) is 5.34. The molecule has 2 aromatic rings. The Morgan fingerprint density at radius 2 is 2.15 bits per heavy atom. The number of halogens is 1. The molecule has 2 atom stereocenters. The number of methoxy groups -OCH3 is 1. The van der Waals surface area contributed by atoms with Crippen LogP contribution < -0.4 is 5.73 Å². The third-order valence-corrected chi connectivity index (χ3v) is 4.96. The zero-order chi connectivity index (χ0) is 19.1. The van der Waals surface area contributed by atoms with E-state index in [9.17, 15) is 4.79 Å². The van der Waals surface area contributed by atoms with E-state index >= 15 is 0 Å². The molecule has 142 valence electrons. The van der Waals surface area contributed by atoms with Crippen molar-refractivity contribution in [2.45, 2.75) is 44.9 Å². The Hall–Kier alpha value is -1.69. The fourth-order valence-electron chi connectivity index (χ4n) is 3.17. The lowest BCUT2D eigenvalue weighted by molar-refractivity contribution is 0.0145. The van der Waals surface area contributed by atoms with Gasteiger partial charge in [0.2, 0.25) is 0 Å². The van der Waals surface area contributed by atoms with Crippen molar-refractivity contribution in [1.82, 2.24) is 24.6 Å². The van der Waals surface area contributed by atoms with E-state index in [0.717, 1.165) is 9.09 Å². The van der Waals surface area contributed by atoms with Gasteiger partial charge in [0.05, 0.1) is 24.1 Å². The summed E-state index contributed by atoms with van der Waals surface area (Å²) in [7, 11) is 1.63. The second kappa shape index (κ2) is 7.14. The molecule has 2 N–H and O–H groups in total. The summed E-state index contributed by atoms with van der Waals surface area (Å²) in [6, 6.07) is -0.126. The van der Waals surface area contributed by atoms with Gasteiger partial charge in [0.1, 0.15) is 21.4 Å². The van der Waals surface area contributed by atoms with Gasteiger partial charge in [-0.3, -0.25) is 0 Å². The van der Waals surface area contributed by atoms with Gasteiger partial charge in [0.25, 0.3) is 0 Å². The third-order valence-electron chi connectivity index (χ3n) is 4.20. The highest BCUT2D eigenvalue weighted by Crippen LogP contribution is 2.33. The number of anilines is 1. The summed E-state index contributed by atoms with van der Waals surface area (Å²) < 4.78 is 13.4. The van der Waals surface area contributed by atoms with Crippen LogP contribution in [0.15, 0.2) is 6.33 Å². The standard InChI is InChI=1S/C16H23IN6O3/c1-16(2,3)26-15(24)22-6-9(5-10(22)7-25-4)23-14-11(12(17)21-23)13(18)19-8-20-14/h8-10H,5-7H2,1-4H3,(H2,18,19,20)/t9?,10-/m1/s1. The summed E-state index contributed by atoms with van der Waals surface area (Å²) in [6.07, 6.45) is 1.78. The minimum Gasteiger partial charge on any atom is -0.444 e. The van der Waals surface area contributed by atoms with Crippen molar-refractivity contribution in [2.24, 2.45) is 0 Å². The van der Waals surface area contributed by atoms with Crippen LogP contribution in [-0.4, -0.2) is 62.6 Å². The van der Waals surface area contributed by atoms with Gasteiger partial charge < -0.3 is 20.1 Å². The van der Waals surface area contributed by atoms with Crippen LogP contribution in [0.4, 0.5) is 10.6 Å². The molecule has 26 heavy (non-hydrogen) atoms. The first-order chi connectivity index (χ1) is 12.2. The fraction of sp³-hybridized carbons (Fsp3) is 0.625. The first-order valence-corrected chi connectivity index (χ1v) is 9.42. The smallest absolute Gasteiger partial charge is 0.410 e. The maximum atomic E-state index is 12.6. The molecule has 10 heteroatoms. The van der Waals surface area contributed by atoms with Gasteiger partial charge in [-0.2, -0.15) is 5.10 Å². The average molecular weight is 474 g/mol. The highest BCUT2D eigenvalue weighted by atomic mass is 127. The molecule has 1 fully saturated rings. The van der Waals surface area contributed by atoms with Crippen LogP contribution in [0.5, 0.6) is 0 Å². The molecule has 0 aromatic carbocycles. The maximum absolute atomic E-state index is 12.6. The molecule has 2 aromatic heterocycles. The highest BCUT2D eigenvalue weighted by molar-refractivity contribution is 14.1. The SMILES string of the molecule is COC[C@H]1CC(n2nc(I)c3c(N)ncnc32)CN1C(=O)OC(C)(C)C. The number of ether oxygens (including phenoxy) is 2. The number of nitrogen functional groups attached to an aromatic ring is 1. The van der Waals surface area contributed by atoms with Gasteiger partial charge in [-0.15, -0.1) is 0 Å². The van der Waals surface area contributed by atoms with E-state index in [1.165, 1.54) is 6.33 Å². The number of aromatic nitrogens is 4. The highest BCUT2D eigenvalue weighted by Gasteiger charge is 2.39. The van der Waals surface area contributed by atoms with Crippen molar-refractivity contribution < 1.29 is 14.3 Å². The van der Waals surface area contributed by atoms with Gasteiger partial charge in [0.15, 0.2) is 5.65 Å². The van der Waals surface area contributed by atoms with E-state index in [1.807, 2.05) is 25.5 Å². The first-order valence-electron chi connectivity index (χ1n) is 8.34. The van der Waals surface area contributed by atoms with Crippen molar-refractivity contribution in [1.29, 1.82) is 0 Å². The molecule has 1 unspecified atom stereocenters. The molecule has 3 rings (SSSR count). The number of nitrogens with two attached hydrogens (primary N) is 1. The van der Waals surface area contributed by atoms with Crippen molar-refractivity contribution in [2.75, 3.05) is 26.0 Å². The zero-order valence-corrected chi connectivity index (χ0v) is 17.4. The Labute approximate surface area is 165 Å². The minimum absolute atomic E-state index is 0.0389. The van der Waals surface area contributed by atoms with Crippen molar-refractivity contribution >= 4 is 45.5 Å². The molecule has 3 heterocycles. The summed E-state index contributed by atoms with van der Waals surface area (Å²) in [6.45, 7) is 6.47. The molecule has 1 aliphatic heterocycles. The molecule has 0 saturated carbocycles. The Bertz CT molecular complexity index is 818. The Morgan fingerprint density at radius 3 is 2.81 bits per heavy atom. The Balaban J connectivity index is 1.91. The summed E-state index contributed by atoms with van der Waals surface area (Å²) >= 11 is 2.13. The van der Waals surface area contributed by atoms with Crippen LogP contribution in [0, 0.1) is 3.70 Å². The van der Waals surface area contributed by atoms with E-state index in [1.54, 1.807) is 12.0 Å². The van der Waals surface area contributed by atoms with Crippen LogP contribution in [0.1, 0.15) is 33.2 Å². The minimum atomic E-state index is -0.553. The molecule has 0 spiro atoms. The predicted molar refractivity (Wildman–Crippen MR) is 105 cm³/mol. The van der Waals surface area contributed by atoms with E-state index < -0.39 is 5.60 Å². The first kappa shape index (κ1) is 19.1. The third kappa shape index (κ3) is 3.70. The van der Waals surface area contributed by atoms with Crippen LogP contribution in [0.25, 0.3) is 11.0 Å². The number of likely N-dealkylation sites (tertiary alicyclic amines) is 1. The van der Waals surface area contributed by atoms with E-state index in [4.69, 9.17) is 15.2 Å². The van der Waals surface area contributed by atoms with Crippen LogP contribution in [0.2, 0.25) is 0 Å². The summed E-state index contributed by atoms with van der Waals surface area (Å²) in [4.78, 5) is 22.7. The van der Waals surface area contributed by atoms with Crippen molar-refractivity contribution in [3.63, 3.8) is 0 Å². The second-order valence-corrected chi connectivity index (χ2v) is 8.35. The summed E-state index contributed by atoms with van der Waals surface area (Å²) in [5.41, 5.74) is 6.10. The monoisotopic (exact) mass is 474 g/mol. The van der Waals surface area contributed by atoms with Crippen LogP contribution in [0.3, 0.4) is 0 Å². The van der Waals surface area contributed by atoms with E-state index in [-0.39, 0.29) is 18.2 Å². The molecule has 0 aliphatic carbocycles. The van der Waals surface area contributed by atoms with Gasteiger partial charge in [-0.05, 0) is 49.8 Å². The normalized spacial score (nSPS) is 20.7. The zero-order valence-electron chi connectivity index (χ0n) is 15.3. The largest absolute Gasteiger partial charge is 0.444 e. The topological polar surface area (TPSA) is 108 Å². The molecule has 0 radical (unpaired) electrons. The molecule has 1 saturated heterocycles. The number of amides is 1. The second-order valence-electron chi connectivity index (χ2n) is 7.32. The quantitative estimate of drug-likeness (QED) is 0.680. The lowest BCUT2D eigenvalue weighted by Gasteiger charge is -2.28. The van der Waals surface area contributed by atoms with E-state index in [2.05, 4.69) is 37.7 Å². The van der Waals surface area contributed by atoms with Gasteiger partial charge in [-0.25, -0.2) is 19.4 Å². The molecule has 0 bridgehead atoms. The number of carbonyl (C=O) groups excluding carboxylic acids is 1. The van der Waals surface area contributed by atoms with Gasteiger partial charge >= 0.3 is 6.09 Å². The number of carbonyl (C=O) groups is 1. The number of hydrogen-bond acceptors (Lipinski definition) is 7. The van der Waals surface area contributed by atoms with Crippen molar-refractivity contribution in [3.05, 3.63) is 10.0 Å². The molecular formula is C16H23IN6O3. The van der Waals surface area contributed by atoms with Crippen LogP contribution >= 0.6 is 22.6 Å². The van der Waals surface area contributed by atoms with E-state index in [0.29, 0.717) is 31.0 Å². The lowest BCUT2D eigenvalue weighted by Crippen LogP contribution is -2.41. The molecular weight excluding hydrogens is 451 g/mol. The lowest BCUT2D eigenvalue weighted by atomic mass is 10.2. The fourth-order valence-corrected chi connectivity index (χ4v) is 3.92. The molecule has 9 nitrogen and oxygen atoms in total. The van der Waals surface area contributed by atoms with Gasteiger partial charge in [0, 0.05) is 13.7 Å². The number of fused-ring (bicyclic) bond motifs is 1. The molecule has 1 aliphatic rings. The molecule has 1 amide bonds. The predicted octanol–water partition coefficient (Wildman–Crippen LogP) is 2.21. The maximum Gasteiger partial charge on any atom is 0.410 e. The number of nitrogens with zero attached hydrogens (tertiary/aromatic N) is 5.